The number of sulfone groups is 1. The van der Waals surface area contributed by atoms with Crippen LogP contribution in [0, 0.1) is 0 Å². The predicted molar refractivity (Wildman–Crippen MR) is 83.7 cm³/mol. The molecule has 0 fully saturated rings. The average molecular weight is 304 g/mol. The van der Waals surface area contributed by atoms with Gasteiger partial charge in [-0.25, -0.2) is 8.42 Å². The molecule has 0 unspecified atom stereocenters. The molecule has 4 heteroatoms. The Morgan fingerprint density at radius 3 is 2.00 bits per heavy atom. The molecule has 2 aromatic rings. The van der Waals surface area contributed by atoms with Gasteiger partial charge < -0.3 is 5.11 Å². The molecule has 1 N–H and O–H groups in total. The van der Waals surface area contributed by atoms with Gasteiger partial charge in [0.1, 0.15) is 0 Å². The van der Waals surface area contributed by atoms with E-state index in [-0.39, 0.29) is 4.90 Å². The van der Waals surface area contributed by atoms with Crippen molar-refractivity contribution in [2.24, 2.45) is 0 Å². The maximum Gasteiger partial charge on any atom is 0.184 e. The topological polar surface area (TPSA) is 54.4 Å². The van der Waals surface area contributed by atoms with Gasteiger partial charge in [-0.1, -0.05) is 61.9 Å². The third kappa shape index (κ3) is 3.52. The summed E-state index contributed by atoms with van der Waals surface area (Å²) in [5.41, 5.74) is 0.635. The Kier molecular flexibility index (Phi) is 5.15. The molecule has 0 saturated carbocycles. The molecular formula is C17H20O3S. The van der Waals surface area contributed by atoms with Gasteiger partial charge in [0.05, 0.1) is 16.2 Å². The van der Waals surface area contributed by atoms with Crippen molar-refractivity contribution in [1.82, 2.24) is 0 Å². The summed E-state index contributed by atoms with van der Waals surface area (Å²) in [6, 6.07) is 17.3. The molecule has 0 aliphatic heterocycles. The van der Waals surface area contributed by atoms with Crippen LogP contribution in [0.5, 0.6) is 0 Å². The van der Waals surface area contributed by atoms with Gasteiger partial charge in [-0.2, -0.15) is 0 Å². The third-order valence-corrected chi connectivity index (χ3v) is 5.76. The molecule has 0 amide bonds. The quantitative estimate of drug-likeness (QED) is 0.890. The Morgan fingerprint density at radius 1 is 0.952 bits per heavy atom. The Balaban J connectivity index is 2.39. The lowest BCUT2D eigenvalue weighted by Crippen LogP contribution is -2.28. The maximum absolute atomic E-state index is 12.8. The summed E-state index contributed by atoms with van der Waals surface area (Å²) in [5, 5.41) is 9.70. The van der Waals surface area contributed by atoms with Gasteiger partial charge in [0.15, 0.2) is 9.84 Å². The number of hydrogen-bond acceptors (Lipinski definition) is 3. The monoisotopic (exact) mass is 304 g/mol. The van der Waals surface area contributed by atoms with E-state index in [1.165, 1.54) is 0 Å². The van der Waals surface area contributed by atoms with Crippen LogP contribution in [0.4, 0.5) is 0 Å². The number of rotatable bonds is 6. The van der Waals surface area contributed by atoms with Crippen molar-refractivity contribution >= 4 is 9.84 Å². The summed E-state index contributed by atoms with van der Waals surface area (Å²) in [7, 11) is -3.56. The van der Waals surface area contributed by atoms with Crippen molar-refractivity contribution in [2.75, 3.05) is 0 Å². The van der Waals surface area contributed by atoms with Crippen LogP contribution in [0.1, 0.15) is 31.4 Å². The summed E-state index contributed by atoms with van der Waals surface area (Å²) in [6.45, 7) is 1.92. The highest BCUT2D eigenvalue weighted by molar-refractivity contribution is 7.92. The lowest BCUT2D eigenvalue weighted by molar-refractivity contribution is 0.167. The van der Waals surface area contributed by atoms with Gasteiger partial charge in [-0.3, -0.25) is 0 Å². The van der Waals surface area contributed by atoms with Crippen LogP contribution in [0.25, 0.3) is 0 Å². The average Bonchev–Trinajstić information content (AvgIpc) is 2.53. The van der Waals surface area contributed by atoms with Gasteiger partial charge >= 0.3 is 0 Å². The van der Waals surface area contributed by atoms with E-state index < -0.39 is 21.2 Å². The lowest BCUT2D eigenvalue weighted by atomic mass is 10.0. The first kappa shape index (κ1) is 15.7. The van der Waals surface area contributed by atoms with Crippen molar-refractivity contribution < 1.29 is 13.5 Å². The minimum atomic E-state index is -3.56. The highest BCUT2D eigenvalue weighted by Gasteiger charge is 2.33. The molecule has 0 radical (unpaired) electrons. The van der Waals surface area contributed by atoms with Crippen molar-refractivity contribution in [3.05, 3.63) is 66.2 Å². The Morgan fingerprint density at radius 2 is 1.48 bits per heavy atom. The van der Waals surface area contributed by atoms with Gasteiger partial charge in [-0.15, -0.1) is 0 Å². The van der Waals surface area contributed by atoms with Crippen LogP contribution in [0.3, 0.4) is 0 Å². The van der Waals surface area contributed by atoms with Crippen LogP contribution in [-0.2, 0) is 9.84 Å². The van der Waals surface area contributed by atoms with Crippen LogP contribution in [0.15, 0.2) is 65.6 Å². The first-order valence-corrected chi connectivity index (χ1v) is 8.64. The van der Waals surface area contributed by atoms with Crippen LogP contribution >= 0.6 is 0 Å². The second-order valence-corrected chi connectivity index (χ2v) is 7.21. The summed E-state index contributed by atoms with van der Waals surface area (Å²) >= 11 is 0. The Labute approximate surface area is 126 Å². The fraction of sp³-hybridized carbons (Fsp3) is 0.294. The van der Waals surface area contributed by atoms with E-state index in [0.29, 0.717) is 18.4 Å². The normalized spacial score (nSPS) is 14.6. The molecule has 0 aliphatic rings. The van der Waals surface area contributed by atoms with Crippen molar-refractivity contribution in [2.45, 2.75) is 36.0 Å². The molecule has 0 aliphatic carbocycles. The SMILES string of the molecule is CCC[C@H]([C@H](O)c1ccccc1)S(=O)(=O)c1ccccc1. The summed E-state index contributed by atoms with van der Waals surface area (Å²) in [5.74, 6) is 0. The highest BCUT2D eigenvalue weighted by atomic mass is 32.2. The first-order chi connectivity index (χ1) is 10.1. The lowest BCUT2D eigenvalue weighted by Gasteiger charge is -2.23. The molecule has 112 valence electrons. The molecule has 3 nitrogen and oxygen atoms in total. The molecule has 2 aromatic carbocycles. The molecule has 0 saturated heterocycles. The fourth-order valence-corrected chi connectivity index (χ4v) is 4.35. The van der Waals surface area contributed by atoms with E-state index in [9.17, 15) is 13.5 Å². The van der Waals surface area contributed by atoms with E-state index in [2.05, 4.69) is 0 Å². The smallest absolute Gasteiger partial charge is 0.184 e. The molecule has 2 atom stereocenters. The van der Waals surface area contributed by atoms with Crippen LogP contribution in [0.2, 0.25) is 0 Å². The Hall–Kier alpha value is -1.65. The van der Waals surface area contributed by atoms with E-state index in [4.69, 9.17) is 0 Å². The third-order valence-electron chi connectivity index (χ3n) is 3.54. The molecule has 0 heterocycles. The first-order valence-electron chi connectivity index (χ1n) is 7.09. The van der Waals surface area contributed by atoms with Crippen molar-refractivity contribution in [1.29, 1.82) is 0 Å². The number of aliphatic hydroxyl groups is 1. The highest BCUT2D eigenvalue weighted by Crippen LogP contribution is 2.30. The zero-order valence-electron chi connectivity index (χ0n) is 12.0. The Bertz CT molecular complexity index is 651. The largest absolute Gasteiger partial charge is 0.387 e. The van der Waals surface area contributed by atoms with Gasteiger partial charge in [0.2, 0.25) is 0 Å². The summed E-state index contributed by atoms with van der Waals surface area (Å²) < 4.78 is 25.6. The summed E-state index contributed by atoms with van der Waals surface area (Å²) in [6.07, 6.45) is 0.102. The zero-order valence-corrected chi connectivity index (χ0v) is 12.8. The predicted octanol–water partition coefficient (Wildman–Crippen LogP) is 3.36. The van der Waals surface area contributed by atoms with Gasteiger partial charge in [0.25, 0.3) is 0 Å². The molecular weight excluding hydrogens is 284 g/mol. The number of aliphatic hydroxyl groups excluding tert-OH is 1. The minimum Gasteiger partial charge on any atom is -0.387 e. The minimum absolute atomic E-state index is 0.262. The van der Waals surface area contributed by atoms with Crippen LogP contribution < -0.4 is 0 Å². The van der Waals surface area contributed by atoms with Crippen LogP contribution in [-0.4, -0.2) is 18.8 Å². The molecule has 21 heavy (non-hydrogen) atoms. The van der Waals surface area contributed by atoms with Crippen molar-refractivity contribution in [3.63, 3.8) is 0 Å². The summed E-state index contributed by atoms with van der Waals surface area (Å²) in [4.78, 5) is 0.262. The number of benzene rings is 2. The molecule has 0 aromatic heterocycles. The fourth-order valence-electron chi connectivity index (χ4n) is 2.42. The van der Waals surface area contributed by atoms with E-state index in [1.54, 1.807) is 54.6 Å². The molecule has 0 spiro atoms. The maximum atomic E-state index is 12.8. The van der Waals surface area contributed by atoms with Gasteiger partial charge in [0, 0.05) is 0 Å². The second kappa shape index (κ2) is 6.87. The van der Waals surface area contributed by atoms with Crippen molar-refractivity contribution in [3.8, 4) is 0 Å². The molecule has 0 bridgehead atoms. The zero-order chi connectivity index (χ0) is 15.3. The van der Waals surface area contributed by atoms with E-state index >= 15 is 0 Å². The van der Waals surface area contributed by atoms with E-state index in [0.717, 1.165) is 0 Å². The standard InChI is InChI=1S/C17H20O3S/c1-2-9-16(17(18)14-10-5-3-6-11-14)21(19,20)15-12-7-4-8-13-15/h3-8,10-13,16-18H,2,9H2,1H3/t16-,17-/m1/s1. The molecule has 2 rings (SSSR count). The second-order valence-electron chi connectivity index (χ2n) is 5.04. The van der Waals surface area contributed by atoms with E-state index in [1.807, 2.05) is 13.0 Å². The number of hydrogen-bond donors (Lipinski definition) is 1. The van der Waals surface area contributed by atoms with Gasteiger partial charge in [-0.05, 0) is 24.1 Å².